The molecule has 1 aromatic rings. The molecule has 10 atom stereocenters. The van der Waals surface area contributed by atoms with E-state index in [-0.39, 0.29) is 37.0 Å². The number of carbonyl (C=O) groups is 4. The predicted octanol–water partition coefficient (Wildman–Crippen LogP) is 4.72. The monoisotopic (exact) mass is 600 g/mol. The number of fused-ring (bicyclic) bond motifs is 5. The zero-order valence-electron chi connectivity index (χ0n) is 23.7. The highest BCUT2D eigenvalue weighted by Crippen LogP contribution is 2.72. The van der Waals surface area contributed by atoms with Crippen LogP contribution in [0.5, 0.6) is 0 Å². The third kappa shape index (κ3) is 3.79. The molecule has 0 aromatic heterocycles. The van der Waals surface area contributed by atoms with Crippen molar-refractivity contribution in [1.29, 1.82) is 0 Å². The van der Waals surface area contributed by atoms with E-state index in [0.29, 0.717) is 6.42 Å². The molecule has 1 saturated heterocycles. The van der Waals surface area contributed by atoms with Crippen molar-refractivity contribution in [3.8, 4) is 0 Å². The van der Waals surface area contributed by atoms with Crippen LogP contribution < -0.4 is 0 Å². The maximum Gasteiger partial charge on any atom is 0.339 e. The number of esters is 2. The van der Waals surface area contributed by atoms with Crippen LogP contribution in [0.25, 0.3) is 0 Å². The molecular formula is C32H34F2O7S. The van der Waals surface area contributed by atoms with E-state index in [1.165, 1.54) is 19.1 Å². The standard InChI is InChI=1S/C32H34F2O7S/c1-17-13-20-21-15-23(33)22-14-19(35)9-11-29(22,2)31(21,34)25(36)16-30(20,3)32(17,28(39)42-24-10-12-40-27(24)38)41-26(37)18-7-5-4-6-8-18/h4-9,11,14,17,20-21,23-25,36H,10,12-13,15-16H2,1-3H3/t17-,20+,21+,23+,24+,25+,29+,30+,31+,32+/m1/s1. The van der Waals surface area contributed by atoms with Gasteiger partial charge in [-0.05, 0) is 62.0 Å². The normalized spacial score (nSPS) is 44.0. The average molecular weight is 601 g/mol. The third-order valence-corrected chi connectivity index (χ3v) is 12.1. The molecule has 42 heavy (non-hydrogen) atoms. The first kappa shape index (κ1) is 29.2. The molecule has 7 nitrogen and oxygen atoms in total. The topological polar surface area (TPSA) is 107 Å². The van der Waals surface area contributed by atoms with Crippen molar-refractivity contribution in [1.82, 2.24) is 0 Å². The molecule has 0 amide bonds. The number of ether oxygens (including phenoxy) is 2. The summed E-state index contributed by atoms with van der Waals surface area (Å²) in [5.74, 6) is -4.07. The van der Waals surface area contributed by atoms with Crippen molar-refractivity contribution in [3.63, 3.8) is 0 Å². The smallest absolute Gasteiger partial charge is 0.339 e. The van der Waals surface area contributed by atoms with Gasteiger partial charge in [-0.1, -0.05) is 49.9 Å². The molecule has 10 heteroatoms. The lowest BCUT2D eigenvalue weighted by atomic mass is 9.44. The molecule has 3 saturated carbocycles. The number of halogens is 2. The Balaban J connectivity index is 1.46. The summed E-state index contributed by atoms with van der Waals surface area (Å²) in [5.41, 5.74) is -6.84. The average Bonchev–Trinajstić information content (AvgIpc) is 3.45. The number of rotatable bonds is 4. The van der Waals surface area contributed by atoms with Crippen LogP contribution in [0.4, 0.5) is 8.78 Å². The Morgan fingerprint density at radius 2 is 1.83 bits per heavy atom. The quantitative estimate of drug-likeness (QED) is 0.495. The van der Waals surface area contributed by atoms with Crippen molar-refractivity contribution >= 4 is 34.6 Å². The van der Waals surface area contributed by atoms with Gasteiger partial charge in [0.1, 0.15) is 11.4 Å². The second-order valence-corrected chi connectivity index (χ2v) is 14.0. The van der Waals surface area contributed by atoms with Crippen LogP contribution in [0.2, 0.25) is 0 Å². The zero-order chi connectivity index (χ0) is 30.2. The van der Waals surface area contributed by atoms with Crippen molar-refractivity contribution in [2.45, 2.75) is 75.2 Å². The van der Waals surface area contributed by atoms with E-state index >= 15 is 8.78 Å². The van der Waals surface area contributed by atoms with Gasteiger partial charge in [-0.2, -0.15) is 0 Å². The molecule has 0 unspecified atom stereocenters. The number of alkyl halides is 2. The molecule has 1 aromatic carbocycles. The van der Waals surface area contributed by atoms with Crippen LogP contribution in [0, 0.1) is 28.6 Å². The lowest BCUT2D eigenvalue weighted by Gasteiger charge is -2.63. The van der Waals surface area contributed by atoms with Gasteiger partial charge in [0.15, 0.2) is 17.1 Å². The molecule has 1 aliphatic heterocycles. The number of aliphatic hydroxyl groups excluding tert-OH is 1. The van der Waals surface area contributed by atoms with Gasteiger partial charge in [0, 0.05) is 29.1 Å². The maximum absolute atomic E-state index is 17.6. The van der Waals surface area contributed by atoms with E-state index in [4.69, 9.17) is 9.47 Å². The molecule has 5 aliphatic rings. The van der Waals surface area contributed by atoms with E-state index in [9.17, 15) is 24.3 Å². The summed E-state index contributed by atoms with van der Waals surface area (Å²) in [5, 5.41) is 10.4. The fourth-order valence-corrected chi connectivity index (χ4v) is 10.1. The van der Waals surface area contributed by atoms with Crippen LogP contribution >= 0.6 is 11.8 Å². The second-order valence-electron chi connectivity index (χ2n) is 12.8. The largest absolute Gasteiger partial charge is 0.465 e. The summed E-state index contributed by atoms with van der Waals surface area (Å²) in [6.07, 6.45) is 0.406. The summed E-state index contributed by atoms with van der Waals surface area (Å²) in [4.78, 5) is 52.5. The van der Waals surface area contributed by atoms with E-state index in [1.807, 2.05) is 0 Å². The van der Waals surface area contributed by atoms with Gasteiger partial charge < -0.3 is 14.6 Å². The molecule has 4 aliphatic carbocycles. The van der Waals surface area contributed by atoms with E-state index in [0.717, 1.165) is 17.8 Å². The first-order chi connectivity index (χ1) is 19.8. The Morgan fingerprint density at radius 1 is 1.12 bits per heavy atom. The Morgan fingerprint density at radius 3 is 2.50 bits per heavy atom. The van der Waals surface area contributed by atoms with Crippen LogP contribution in [-0.4, -0.2) is 63.3 Å². The molecule has 6 rings (SSSR count). The van der Waals surface area contributed by atoms with Gasteiger partial charge in [0.25, 0.3) is 0 Å². The number of carbonyl (C=O) groups excluding carboxylic acids is 4. The highest BCUT2D eigenvalue weighted by molar-refractivity contribution is 8.14. The number of ketones is 1. The molecule has 1 N–H and O–H groups in total. The second kappa shape index (κ2) is 9.84. The van der Waals surface area contributed by atoms with Crippen LogP contribution in [0.1, 0.15) is 56.8 Å². The molecule has 1 heterocycles. The van der Waals surface area contributed by atoms with E-state index in [1.54, 1.807) is 44.2 Å². The van der Waals surface area contributed by atoms with Gasteiger partial charge in [-0.25, -0.2) is 13.6 Å². The summed E-state index contributed by atoms with van der Waals surface area (Å²) < 4.78 is 44.8. The fraction of sp³-hybridized carbons (Fsp3) is 0.562. The Bertz CT molecular complexity index is 1410. The third-order valence-electron chi connectivity index (χ3n) is 10.9. The van der Waals surface area contributed by atoms with Gasteiger partial charge >= 0.3 is 11.9 Å². The summed E-state index contributed by atoms with van der Waals surface area (Å²) in [7, 11) is 0. The fourth-order valence-electron chi connectivity index (χ4n) is 8.80. The zero-order valence-corrected chi connectivity index (χ0v) is 24.5. The number of hydrogen-bond donors (Lipinski definition) is 1. The van der Waals surface area contributed by atoms with Crippen molar-refractivity contribution < 1.29 is 42.5 Å². The molecule has 0 spiro atoms. The highest BCUT2D eigenvalue weighted by atomic mass is 32.2. The van der Waals surface area contributed by atoms with Gasteiger partial charge in [0.05, 0.1) is 18.3 Å². The van der Waals surface area contributed by atoms with Crippen LogP contribution in [-0.2, 0) is 23.9 Å². The number of thioether (sulfide) groups is 1. The van der Waals surface area contributed by atoms with Gasteiger partial charge in [-0.3, -0.25) is 14.4 Å². The Labute approximate surface area is 247 Å². The summed E-state index contributed by atoms with van der Waals surface area (Å²) in [6, 6.07) is 8.18. The minimum Gasteiger partial charge on any atom is -0.465 e. The van der Waals surface area contributed by atoms with Gasteiger partial charge in [0.2, 0.25) is 5.12 Å². The Kier molecular flexibility index (Phi) is 6.85. The minimum absolute atomic E-state index is 0.00981. The van der Waals surface area contributed by atoms with Crippen molar-refractivity contribution in [2.24, 2.45) is 28.6 Å². The minimum atomic E-state index is -2.34. The molecule has 0 radical (unpaired) electrons. The lowest BCUT2D eigenvalue weighted by Crippen LogP contribution is -2.70. The SMILES string of the molecule is C[C@@H]1C[C@H]2[C@@H]3C[C@H](F)C4=CC(=O)C=C[C@]4(C)[C@@]3(F)[C@@H](O)C[C@]2(C)[C@@]1(OC(=O)c1ccccc1)C(=O)S[C@H]1CCOC1=O. The first-order valence-corrected chi connectivity index (χ1v) is 15.3. The first-order valence-electron chi connectivity index (χ1n) is 14.4. The molecule has 4 fully saturated rings. The number of hydrogen-bond acceptors (Lipinski definition) is 8. The van der Waals surface area contributed by atoms with Crippen molar-refractivity contribution in [3.05, 3.63) is 59.7 Å². The van der Waals surface area contributed by atoms with Crippen LogP contribution in [0.3, 0.4) is 0 Å². The predicted molar refractivity (Wildman–Crippen MR) is 150 cm³/mol. The maximum atomic E-state index is 17.6. The van der Waals surface area contributed by atoms with E-state index < -0.39 is 80.2 Å². The van der Waals surface area contributed by atoms with Crippen LogP contribution in [0.15, 0.2) is 54.1 Å². The summed E-state index contributed by atoms with van der Waals surface area (Å²) >= 11 is 0.757. The number of cyclic esters (lactones) is 1. The van der Waals surface area contributed by atoms with Crippen molar-refractivity contribution in [2.75, 3.05) is 6.61 Å². The van der Waals surface area contributed by atoms with Gasteiger partial charge in [-0.15, -0.1) is 0 Å². The highest BCUT2D eigenvalue weighted by Gasteiger charge is 2.78. The molecular weight excluding hydrogens is 566 g/mol. The van der Waals surface area contributed by atoms with E-state index in [2.05, 4.69) is 0 Å². The Hall–Kier alpha value is -2.85. The number of allylic oxidation sites excluding steroid dienone is 4. The number of aliphatic hydroxyl groups is 1. The lowest BCUT2D eigenvalue weighted by molar-refractivity contribution is -0.221. The summed E-state index contributed by atoms with van der Waals surface area (Å²) in [6.45, 7) is 5.15. The molecule has 224 valence electrons. The molecule has 0 bridgehead atoms. The number of benzene rings is 1.